The van der Waals surface area contributed by atoms with Crippen molar-refractivity contribution in [2.75, 3.05) is 31.6 Å². The average molecular weight is 486 g/mol. The highest BCUT2D eigenvalue weighted by Gasteiger charge is 2.30. The van der Waals surface area contributed by atoms with Crippen LogP contribution in [0.2, 0.25) is 0 Å². The molecule has 1 saturated heterocycles. The highest BCUT2D eigenvalue weighted by molar-refractivity contribution is 14.0. The SMILES string of the molecule is CN=C(NCCCOC1CCCC1)NC1CC(=O)N(c2ccccc2)C1.I. The number of ether oxygens (including phenoxy) is 1. The Labute approximate surface area is 179 Å². The standard InChI is InChI=1S/C20H30N4O2.HI/c1-21-20(22-12-7-13-26-18-10-5-6-11-18)23-16-14-19(25)24(15-16)17-8-3-2-4-9-17;/h2-4,8-9,16,18H,5-7,10-15H2,1H3,(H2,21,22,23);1H. The molecule has 2 aliphatic rings. The maximum absolute atomic E-state index is 12.3. The maximum atomic E-state index is 12.3. The molecular weight excluding hydrogens is 455 g/mol. The van der Waals surface area contributed by atoms with Crippen molar-refractivity contribution in [2.24, 2.45) is 4.99 Å². The molecule has 1 saturated carbocycles. The van der Waals surface area contributed by atoms with E-state index in [9.17, 15) is 4.79 Å². The van der Waals surface area contributed by atoms with Crippen molar-refractivity contribution < 1.29 is 9.53 Å². The molecule has 1 aliphatic carbocycles. The van der Waals surface area contributed by atoms with E-state index in [1.807, 2.05) is 35.2 Å². The molecule has 2 fully saturated rings. The molecule has 0 aromatic heterocycles. The summed E-state index contributed by atoms with van der Waals surface area (Å²) in [5.74, 6) is 0.896. The van der Waals surface area contributed by atoms with E-state index in [-0.39, 0.29) is 35.9 Å². The highest BCUT2D eigenvalue weighted by atomic mass is 127. The zero-order valence-electron chi connectivity index (χ0n) is 16.0. The van der Waals surface area contributed by atoms with Crippen LogP contribution in [0.4, 0.5) is 5.69 Å². The Hall–Kier alpha value is -1.35. The second-order valence-electron chi connectivity index (χ2n) is 7.02. The summed E-state index contributed by atoms with van der Waals surface area (Å²) in [6.07, 6.45) is 6.95. The lowest BCUT2D eigenvalue weighted by Gasteiger charge is -2.19. The Morgan fingerprint density at radius 3 is 2.70 bits per heavy atom. The van der Waals surface area contributed by atoms with E-state index in [2.05, 4.69) is 15.6 Å². The van der Waals surface area contributed by atoms with Gasteiger partial charge in [-0.15, -0.1) is 24.0 Å². The van der Waals surface area contributed by atoms with E-state index < -0.39 is 0 Å². The Balaban J connectivity index is 0.00000261. The summed E-state index contributed by atoms with van der Waals surface area (Å²) in [5.41, 5.74) is 0.953. The van der Waals surface area contributed by atoms with Crippen molar-refractivity contribution in [3.05, 3.63) is 30.3 Å². The van der Waals surface area contributed by atoms with E-state index in [1.165, 1.54) is 25.7 Å². The van der Waals surface area contributed by atoms with Gasteiger partial charge in [0.1, 0.15) is 0 Å². The van der Waals surface area contributed by atoms with Crippen molar-refractivity contribution in [2.45, 2.75) is 50.7 Å². The largest absolute Gasteiger partial charge is 0.378 e. The van der Waals surface area contributed by atoms with Crippen molar-refractivity contribution >= 4 is 41.5 Å². The maximum Gasteiger partial charge on any atom is 0.229 e. The molecule has 27 heavy (non-hydrogen) atoms. The molecule has 150 valence electrons. The van der Waals surface area contributed by atoms with Crippen molar-refractivity contribution in [1.82, 2.24) is 10.6 Å². The number of para-hydroxylation sites is 1. The summed E-state index contributed by atoms with van der Waals surface area (Å²) in [6.45, 7) is 2.27. The predicted octanol–water partition coefficient (Wildman–Crippen LogP) is 2.92. The number of aliphatic imine (C=N–C) groups is 1. The number of nitrogens with zero attached hydrogens (tertiary/aromatic N) is 2. The first-order valence-corrected chi connectivity index (χ1v) is 9.70. The number of hydrogen-bond donors (Lipinski definition) is 2. The van der Waals surface area contributed by atoms with Crippen LogP contribution < -0.4 is 15.5 Å². The van der Waals surface area contributed by atoms with Crippen molar-refractivity contribution in [1.29, 1.82) is 0 Å². The van der Waals surface area contributed by atoms with Gasteiger partial charge >= 0.3 is 0 Å². The molecule has 0 bridgehead atoms. The summed E-state index contributed by atoms with van der Waals surface area (Å²) < 4.78 is 5.88. The second-order valence-corrected chi connectivity index (χ2v) is 7.02. The van der Waals surface area contributed by atoms with Crippen LogP contribution in [-0.4, -0.2) is 50.8 Å². The van der Waals surface area contributed by atoms with E-state index in [0.29, 0.717) is 19.1 Å². The van der Waals surface area contributed by atoms with Crippen LogP contribution in [-0.2, 0) is 9.53 Å². The first-order chi connectivity index (χ1) is 12.8. The minimum Gasteiger partial charge on any atom is -0.378 e. The highest BCUT2D eigenvalue weighted by Crippen LogP contribution is 2.21. The molecule has 1 aliphatic heterocycles. The summed E-state index contributed by atoms with van der Waals surface area (Å²) in [4.78, 5) is 18.4. The zero-order valence-corrected chi connectivity index (χ0v) is 18.4. The van der Waals surface area contributed by atoms with Gasteiger partial charge in [0, 0.05) is 38.9 Å². The zero-order chi connectivity index (χ0) is 18.2. The molecule has 1 heterocycles. The molecule has 3 rings (SSSR count). The minimum atomic E-state index is 0. The fourth-order valence-electron chi connectivity index (χ4n) is 3.63. The number of benzene rings is 1. The second kappa shape index (κ2) is 11.5. The lowest BCUT2D eigenvalue weighted by Crippen LogP contribution is -2.45. The van der Waals surface area contributed by atoms with Crippen LogP contribution in [0.5, 0.6) is 0 Å². The number of hydrogen-bond acceptors (Lipinski definition) is 3. The molecule has 1 aromatic carbocycles. The van der Waals surface area contributed by atoms with Crippen molar-refractivity contribution in [3.63, 3.8) is 0 Å². The Morgan fingerprint density at radius 2 is 2.00 bits per heavy atom. The van der Waals surface area contributed by atoms with Crippen LogP contribution in [0.1, 0.15) is 38.5 Å². The number of anilines is 1. The summed E-state index contributed by atoms with van der Waals surface area (Å²) in [6, 6.07) is 9.88. The van der Waals surface area contributed by atoms with Gasteiger partial charge in [-0.3, -0.25) is 9.79 Å². The first kappa shape index (κ1) is 21.9. The fourth-order valence-corrected chi connectivity index (χ4v) is 3.63. The van der Waals surface area contributed by atoms with Crippen LogP contribution >= 0.6 is 24.0 Å². The van der Waals surface area contributed by atoms with Crippen LogP contribution in [0.15, 0.2) is 35.3 Å². The molecule has 1 atom stereocenters. The molecule has 0 spiro atoms. The third-order valence-corrected chi connectivity index (χ3v) is 5.03. The van der Waals surface area contributed by atoms with Crippen LogP contribution in [0.25, 0.3) is 0 Å². The first-order valence-electron chi connectivity index (χ1n) is 9.70. The lowest BCUT2D eigenvalue weighted by molar-refractivity contribution is -0.117. The molecule has 1 unspecified atom stereocenters. The van der Waals surface area contributed by atoms with Gasteiger partial charge in [-0.25, -0.2) is 0 Å². The number of carbonyl (C=O) groups is 1. The Kier molecular flexibility index (Phi) is 9.33. The number of halogens is 1. The topological polar surface area (TPSA) is 66.0 Å². The van der Waals surface area contributed by atoms with Crippen molar-refractivity contribution in [3.8, 4) is 0 Å². The monoisotopic (exact) mass is 486 g/mol. The lowest BCUT2D eigenvalue weighted by atomic mass is 10.2. The molecule has 7 heteroatoms. The van der Waals surface area contributed by atoms with Gasteiger partial charge in [0.2, 0.25) is 5.91 Å². The van der Waals surface area contributed by atoms with E-state index in [4.69, 9.17) is 4.74 Å². The van der Waals surface area contributed by atoms with Gasteiger partial charge in [0.25, 0.3) is 0 Å². The molecule has 6 nitrogen and oxygen atoms in total. The summed E-state index contributed by atoms with van der Waals surface area (Å²) >= 11 is 0. The van der Waals surface area contributed by atoms with E-state index >= 15 is 0 Å². The van der Waals surface area contributed by atoms with Gasteiger partial charge in [0.15, 0.2) is 5.96 Å². The van der Waals surface area contributed by atoms with Gasteiger partial charge in [0.05, 0.1) is 12.1 Å². The van der Waals surface area contributed by atoms with Gasteiger partial charge in [-0.05, 0) is 31.4 Å². The summed E-state index contributed by atoms with van der Waals surface area (Å²) in [5, 5.41) is 6.68. The Morgan fingerprint density at radius 1 is 1.26 bits per heavy atom. The number of nitrogens with one attached hydrogen (secondary N) is 2. The Bertz CT molecular complexity index is 605. The smallest absolute Gasteiger partial charge is 0.229 e. The molecule has 0 radical (unpaired) electrons. The van der Waals surface area contributed by atoms with Gasteiger partial charge in [-0.2, -0.15) is 0 Å². The third kappa shape index (κ3) is 6.64. The van der Waals surface area contributed by atoms with Gasteiger partial charge < -0.3 is 20.3 Å². The minimum absolute atomic E-state index is 0. The number of carbonyl (C=O) groups excluding carboxylic acids is 1. The van der Waals surface area contributed by atoms with E-state index in [0.717, 1.165) is 31.2 Å². The van der Waals surface area contributed by atoms with E-state index in [1.54, 1.807) is 7.05 Å². The van der Waals surface area contributed by atoms with Crippen LogP contribution in [0, 0.1) is 0 Å². The van der Waals surface area contributed by atoms with Gasteiger partial charge in [-0.1, -0.05) is 31.0 Å². The quantitative estimate of drug-likeness (QED) is 0.269. The fraction of sp³-hybridized carbons (Fsp3) is 0.600. The normalized spacial score (nSPS) is 20.6. The molecule has 1 amide bonds. The average Bonchev–Trinajstić information content (AvgIpc) is 3.30. The number of amides is 1. The third-order valence-electron chi connectivity index (χ3n) is 5.03. The predicted molar refractivity (Wildman–Crippen MR) is 120 cm³/mol. The number of guanidine groups is 1. The molecular formula is C20H31IN4O2. The summed E-state index contributed by atoms with van der Waals surface area (Å²) in [7, 11) is 1.76. The number of rotatable bonds is 7. The van der Waals surface area contributed by atoms with Crippen LogP contribution in [0.3, 0.4) is 0 Å². The molecule has 1 aromatic rings. The molecule has 2 N–H and O–H groups in total.